The molecule has 14 heavy (non-hydrogen) atoms. The van der Waals surface area contributed by atoms with Gasteiger partial charge >= 0.3 is 11.9 Å². The van der Waals surface area contributed by atoms with Gasteiger partial charge < -0.3 is 15.5 Å². The standard InChI is InChI=1S/C9H15NO4/c1-10-7-3-5(8(11)12)2-6(4-7)9(13)14/h5-7,10H,2-4H2,1H3,(H,11,12)(H,13,14). The number of carboxylic acids is 2. The van der Waals surface area contributed by atoms with Gasteiger partial charge in [-0.05, 0) is 26.3 Å². The largest absolute Gasteiger partial charge is 0.481 e. The molecule has 1 saturated carbocycles. The molecule has 0 heterocycles. The van der Waals surface area contributed by atoms with Gasteiger partial charge in [-0.25, -0.2) is 0 Å². The highest BCUT2D eigenvalue weighted by Crippen LogP contribution is 2.29. The summed E-state index contributed by atoms with van der Waals surface area (Å²) in [7, 11) is 1.73. The number of hydrogen-bond acceptors (Lipinski definition) is 3. The smallest absolute Gasteiger partial charge is 0.306 e. The summed E-state index contributed by atoms with van der Waals surface area (Å²) in [6, 6.07) is 0.00551. The summed E-state index contributed by atoms with van der Waals surface area (Å²) >= 11 is 0. The van der Waals surface area contributed by atoms with E-state index >= 15 is 0 Å². The van der Waals surface area contributed by atoms with Gasteiger partial charge in [0.2, 0.25) is 0 Å². The van der Waals surface area contributed by atoms with E-state index in [4.69, 9.17) is 10.2 Å². The van der Waals surface area contributed by atoms with Crippen LogP contribution in [0.2, 0.25) is 0 Å². The number of aliphatic carboxylic acids is 2. The van der Waals surface area contributed by atoms with Crippen molar-refractivity contribution < 1.29 is 19.8 Å². The van der Waals surface area contributed by atoms with Gasteiger partial charge in [-0.15, -0.1) is 0 Å². The van der Waals surface area contributed by atoms with E-state index in [0.717, 1.165) is 0 Å². The van der Waals surface area contributed by atoms with Crippen molar-refractivity contribution in [2.24, 2.45) is 11.8 Å². The minimum atomic E-state index is -0.892. The molecule has 3 N–H and O–H groups in total. The minimum absolute atomic E-state index is 0.00551. The summed E-state index contributed by atoms with van der Waals surface area (Å²) in [5, 5.41) is 20.6. The van der Waals surface area contributed by atoms with Gasteiger partial charge in [0.15, 0.2) is 0 Å². The molecule has 2 unspecified atom stereocenters. The van der Waals surface area contributed by atoms with Crippen molar-refractivity contribution in [3.8, 4) is 0 Å². The van der Waals surface area contributed by atoms with Crippen LogP contribution in [0.15, 0.2) is 0 Å². The van der Waals surface area contributed by atoms with E-state index in [9.17, 15) is 9.59 Å². The van der Waals surface area contributed by atoms with Gasteiger partial charge in [0.25, 0.3) is 0 Å². The first-order valence-electron chi connectivity index (χ1n) is 4.67. The molecular weight excluding hydrogens is 186 g/mol. The van der Waals surface area contributed by atoms with Crippen LogP contribution in [0.3, 0.4) is 0 Å². The van der Waals surface area contributed by atoms with Gasteiger partial charge in [-0.2, -0.15) is 0 Å². The van der Waals surface area contributed by atoms with Crippen molar-refractivity contribution in [2.75, 3.05) is 7.05 Å². The average Bonchev–Trinajstić information content (AvgIpc) is 2.16. The van der Waals surface area contributed by atoms with Crippen LogP contribution in [0.4, 0.5) is 0 Å². The summed E-state index contributed by atoms with van der Waals surface area (Å²) < 4.78 is 0. The lowest BCUT2D eigenvalue weighted by atomic mass is 9.78. The molecular formula is C9H15NO4. The number of nitrogens with one attached hydrogen (secondary N) is 1. The van der Waals surface area contributed by atoms with Crippen molar-refractivity contribution >= 4 is 11.9 Å². The number of carboxylic acid groups (broad SMARTS) is 2. The van der Waals surface area contributed by atoms with E-state index in [0.29, 0.717) is 12.8 Å². The van der Waals surface area contributed by atoms with Gasteiger partial charge in [0, 0.05) is 6.04 Å². The number of hydrogen-bond donors (Lipinski definition) is 3. The zero-order chi connectivity index (χ0) is 10.7. The van der Waals surface area contributed by atoms with Crippen LogP contribution in [-0.2, 0) is 9.59 Å². The summed E-state index contributed by atoms with van der Waals surface area (Å²) in [6.45, 7) is 0. The third-order valence-electron chi connectivity index (χ3n) is 2.81. The fourth-order valence-corrected chi connectivity index (χ4v) is 1.96. The predicted molar refractivity (Wildman–Crippen MR) is 49.0 cm³/mol. The van der Waals surface area contributed by atoms with E-state index in [1.165, 1.54) is 0 Å². The van der Waals surface area contributed by atoms with E-state index in [1.807, 2.05) is 0 Å². The van der Waals surface area contributed by atoms with Crippen LogP contribution in [0, 0.1) is 11.8 Å². The topological polar surface area (TPSA) is 86.6 Å². The summed E-state index contributed by atoms with van der Waals surface area (Å²) in [5.74, 6) is -2.84. The monoisotopic (exact) mass is 201 g/mol. The first-order valence-corrected chi connectivity index (χ1v) is 4.67. The Morgan fingerprint density at radius 2 is 1.50 bits per heavy atom. The van der Waals surface area contributed by atoms with Crippen molar-refractivity contribution in [1.82, 2.24) is 5.32 Å². The summed E-state index contributed by atoms with van der Waals surface area (Å²) in [5.41, 5.74) is 0. The predicted octanol–water partition coefficient (Wildman–Crippen LogP) is 0.160. The number of carbonyl (C=O) groups is 2. The van der Waals surface area contributed by atoms with Crippen LogP contribution in [0.1, 0.15) is 19.3 Å². The quantitative estimate of drug-likeness (QED) is 0.605. The lowest BCUT2D eigenvalue weighted by molar-refractivity contribution is -0.148. The molecule has 0 radical (unpaired) electrons. The second-order valence-electron chi connectivity index (χ2n) is 3.76. The molecule has 0 bridgehead atoms. The molecule has 5 nitrogen and oxygen atoms in total. The van der Waals surface area contributed by atoms with Crippen molar-refractivity contribution in [3.05, 3.63) is 0 Å². The van der Waals surface area contributed by atoms with E-state index in [2.05, 4.69) is 5.32 Å². The molecule has 0 aromatic heterocycles. The van der Waals surface area contributed by atoms with Crippen molar-refractivity contribution in [1.29, 1.82) is 0 Å². The molecule has 0 amide bonds. The Balaban J connectivity index is 2.66. The minimum Gasteiger partial charge on any atom is -0.481 e. The van der Waals surface area contributed by atoms with Crippen LogP contribution in [0.25, 0.3) is 0 Å². The van der Waals surface area contributed by atoms with E-state index in [-0.39, 0.29) is 12.5 Å². The van der Waals surface area contributed by atoms with Crippen molar-refractivity contribution in [3.63, 3.8) is 0 Å². The summed E-state index contributed by atoms with van der Waals surface area (Å²) in [4.78, 5) is 21.5. The van der Waals surface area contributed by atoms with Crippen LogP contribution < -0.4 is 5.32 Å². The molecule has 0 aliphatic heterocycles. The molecule has 5 heteroatoms. The maximum atomic E-state index is 10.8. The van der Waals surface area contributed by atoms with Crippen LogP contribution in [0.5, 0.6) is 0 Å². The van der Waals surface area contributed by atoms with Crippen LogP contribution in [-0.4, -0.2) is 35.2 Å². The zero-order valence-electron chi connectivity index (χ0n) is 8.06. The normalized spacial score (nSPS) is 32.5. The molecule has 1 aliphatic carbocycles. The van der Waals surface area contributed by atoms with Crippen LogP contribution >= 0.6 is 0 Å². The average molecular weight is 201 g/mol. The highest BCUT2D eigenvalue weighted by atomic mass is 16.4. The van der Waals surface area contributed by atoms with Gasteiger partial charge in [-0.3, -0.25) is 9.59 Å². The van der Waals surface area contributed by atoms with Gasteiger partial charge in [-0.1, -0.05) is 0 Å². The molecule has 1 rings (SSSR count). The van der Waals surface area contributed by atoms with E-state index in [1.54, 1.807) is 7.05 Å². The second kappa shape index (κ2) is 4.41. The first-order chi connectivity index (χ1) is 6.54. The summed E-state index contributed by atoms with van der Waals surface area (Å²) in [6.07, 6.45) is 1.30. The fraction of sp³-hybridized carbons (Fsp3) is 0.778. The SMILES string of the molecule is CNC1CC(C(=O)O)CC(C(=O)O)C1. The maximum absolute atomic E-state index is 10.8. The van der Waals surface area contributed by atoms with Gasteiger partial charge in [0.1, 0.15) is 0 Å². The molecule has 0 aromatic rings. The molecule has 0 spiro atoms. The maximum Gasteiger partial charge on any atom is 0.306 e. The lowest BCUT2D eigenvalue weighted by Crippen LogP contribution is -2.40. The van der Waals surface area contributed by atoms with Crippen molar-refractivity contribution in [2.45, 2.75) is 25.3 Å². The Morgan fingerprint density at radius 3 is 1.79 bits per heavy atom. The molecule has 1 aliphatic rings. The zero-order valence-corrected chi connectivity index (χ0v) is 8.06. The Bertz CT molecular complexity index is 219. The molecule has 0 saturated heterocycles. The Kier molecular flexibility index (Phi) is 3.46. The molecule has 1 fully saturated rings. The Hall–Kier alpha value is -1.10. The number of rotatable bonds is 3. The third-order valence-corrected chi connectivity index (χ3v) is 2.81. The van der Waals surface area contributed by atoms with E-state index < -0.39 is 23.8 Å². The fourth-order valence-electron chi connectivity index (χ4n) is 1.96. The molecule has 0 aromatic carbocycles. The lowest BCUT2D eigenvalue weighted by Gasteiger charge is -2.30. The molecule has 2 atom stereocenters. The highest BCUT2D eigenvalue weighted by Gasteiger charge is 2.35. The highest BCUT2D eigenvalue weighted by molar-refractivity contribution is 5.74. The van der Waals surface area contributed by atoms with Gasteiger partial charge in [0.05, 0.1) is 11.8 Å². The Morgan fingerprint density at radius 1 is 1.07 bits per heavy atom. The second-order valence-corrected chi connectivity index (χ2v) is 3.76. The Labute approximate surface area is 82.1 Å². The first kappa shape index (κ1) is 11.0. The molecule has 80 valence electrons. The third kappa shape index (κ3) is 2.45.